The van der Waals surface area contributed by atoms with Gasteiger partial charge in [0.05, 0.1) is 6.93 Å². The number of carbonyl (C=O) groups is 1. The SMILES string of the molecule is [2H]C1OC(=O)c2ccccc21. The van der Waals surface area contributed by atoms with Gasteiger partial charge in [-0.15, -0.1) is 0 Å². The van der Waals surface area contributed by atoms with Gasteiger partial charge < -0.3 is 4.74 Å². The van der Waals surface area contributed by atoms with Crippen LogP contribution in [0.15, 0.2) is 24.3 Å². The van der Waals surface area contributed by atoms with Gasteiger partial charge in [-0.3, -0.25) is 0 Å². The van der Waals surface area contributed by atoms with Crippen LogP contribution in [0.3, 0.4) is 0 Å². The van der Waals surface area contributed by atoms with Crippen LogP contribution >= 0.6 is 0 Å². The molecule has 50 valence electrons. The second-order valence-corrected chi connectivity index (χ2v) is 2.11. The van der Waals surface area contributed by atoms with Crippen molar-refractivity contribution < 1.29 is 10.9 Å². The van der Waals surface area contributed by atoms with E-state index in [1.54, 1.807) is 24.3 Å². The van der Waals surface area contributed by atoms with Crippen LogP contribution in [0.2, 0.25) is 0 Å². The molecule has 1 aliphatic rings. The Morgan fingerprint density at radius 3 is 3.10 bits per heavy atom. The molecule has 0 spiro atoms. The highest BCUT2D eigenvalue weighted by atomic mass is 16.5. The number of benzene rings is 1. The zero-order valence-electron chi connectivity index (χ0n) is 6.20. The Morgan fingerprint density at radius 1 is 1.50 bits per heavy atom. The van der Waals surface area contributed by atoms with Gasteiger partial charge in [0, 0.05) is 5.56 Å². The van der Waals surface area contributed by atoms with Crippen LogP contribution in [0.5, 0.6) is 0 Å². The van der Waals surface area contributed by atoms with E-state index in [0.717, 1.165) is 0 Å². The van der Waals surface area contributed by atoms with Crippen molar-refractivity contribution in [1.82, 2.24) is 0 Å². The minimum absolute atomic E-state index is 0.388. The van der Waals surface area contributed by atoms with Gasteiger partial charge in [0.25, 0.3) is 0 Å². The molecular formula is C8H6O2. The Labute approximate surface area is 59.8 Å². The Balaban J connectivity index is 2.60. The van der Waals surface area contributed by atoms with Crippen LogP contribution in [0, 0.1) is 0 Å². The monoisotopic (exact) mass is 135 g/mol. The number of esters is 1. The largest absolute Gasteiger partial charge is 0.457 e. The van der Waals surface area contributed by atoms with Crippen LogP contribution in [0.4, 0.5) is 0 Å². The topological polar surface area (TPSA) is 26.3 Å². The van der Waals surface area contributed by atoms with Crippen molar-refractivity contribution in [1.29, 1.82) is 0 Å². The summed E-state index contributed by atoms with van der Waals surface area (Å²) in [5.41, 5.74) is 1.19. The molecule has 2 rings (SSSR count). The standard InChI is InChI=1S/C8H6O2/c9-8-7-4-2-1-3-6(7)5-10-8/h1-4H,5H2/i5D. The summed E-state index contributed by atoms with van der Waals surface area (Å²) in [6.07, 6.45) is 0. The number of cyclic esters (lactones) is 1. The van der Waals surface area contributed by atoms with Gasteiger partial charge in [0.2, 0.25) is 0 Å². The van der Waals surface area contributed by atoms with E-state index in [2.05, 4.69) is 4.74 Å². The lowest BCUT2D eigenvalue weighted by atomic mass is 10.1. The maximum absolute atomic E-state index is 10.9. The fourth-order valence-corrected chi connectivity index (χ4v) is 0.966. The van der Waals surface area contributed by atoms with Gasteiger partial charge in [-0.25, -0.2) is 4.79 Å². The Kier molecular flexibility index (Phi) is 0.826. The minimum atomic E-state index is -0.821. The molecule has 0 fully saturated rings. The molecule has 1 aliphatic heterocycles. The van der Waals surface area contributed by atoms with E-state index < -0.39 is 6.58 Å². The summed E-state index contributed by atoms with van der Waals surface area (Å²) in [5, 5.41) is 0. The Bertz CT molecular complexity index is 309. The average molecular weight is 135 g/mol. The number of ether oxygens (including phenoxy) is 1. The minimum Gasteiger partial charge on any atom is -0.457 e. The highest BCUT2D eigenvalue weighted by Gasteiger charge is 2.18. The van der Waals surface area contributed by atoms with Crippen molar-refractivity contribution in [3.63, 3.8) is 0 Å². The van der Waals surface area contributed by atoms with E-state index in [-0.39, 0.29) is 5.97 Å². The van der Waals surface area contributed by atoms with Gasteiger partial charge in [0.1, 0.15) is 6.58 Å². The van der Waals surface area contributed by atoms with Gasteiger partial charge >= 0.3 is 5.97 Å². The maximum atomic E-state index is 10.9. The molecule has 1 aromatic rings. The molecule has 0 aliphatic carbocycles. The Hall–Kier alpha value is -1.31. The highest BCUT2D eigenvalue weighted by molar-refractivity contribution is 5.93. The van der Waals surface area contributed by atoms with E-state index in [1.807, 2.05) is 0 Å². The molecule has 0 aromatic heterocycles. The molecule has 2 heteroatoms. The molecule has 1 aromatic carbocycles. The summed E-state index contributed by atoms with van der Waals surface area (Å²) < 4.78 is 12.0. The number of carbonyl (C=O) groups excluding carboxylic acids is 1. The summed E-state index contributed by atoms with van der Waals surface area (Å²) >= 11 is 0. The molecule has 0 radical (unpaired) electrons. The molecule has 0 saturated carbocycles. The first-order valence-electron chi connectivity index (χ1n) is 3.59. The van der Waals surface area contributed by atoms with Crippen LogP contribution < -0.4 is 0 Å². The molecule has 1 unspecified atom stereocenters. The van der Waals surface area contributed by atoms with Gasteiger partial charge in [-0.2, -0.15) is 0 Å². The van der Waals surface area contributed by atoms with Crippen LogP contribution in [0.25, 0.3) is 0 Å². The van der Waals surface area contributed by atoms with Gasteiger partial charge in [0.15, 0.2) is 0 Å². The first kappa shape index (κ1) is 4.50. The zero-order valence-corrected chi connectivity index (χ0v) is 5.20. The lowest BCUT2D eigenvalue weighted by Crippen LogP contribution is -1.91. The number of rotatable bonds is 0. The Morgan fingerprint density at radius 2 is 2.30 bits per heavy atom. The molecule has 2 nitrogen and oxygen atoms in total. The van der Waals surface area contributed by atoms with E-state index in [0.29, 0.717) is 11.1 Å². The van der Waals surface area contributed by atoms with Crippen molar-refractivity contribution in [2.45, 2.75) is 6.58 Å². The van der Waals surface area contributed by atoms with Crippen molar-refractivity contribution in [3.8, 4) is 0 Å². The predicted molar refractivity (Wildman–Crippen MR) is 35.6 cm³/mol. The normalized spacial score (nSPS) is 23.4. The lowest BCUT2D eigenvalue weighted by Gasteiger charge is -1.87. The smallest absolute Gasteiger partial charge is 0.338 e. The maximum Gasteiger partial charge on any atom is 0.338 e. The summed E-state index contributed by atoms with van der Waals surface area (Å²) in [6.45, 7) is -0.821. The van der Waals surface area contributed by atoms with Crippen LogP contribution in [0.1, 0.15) is 17.3 Å². The third kappa shape index (κ3) is 0.620. The van der Waals surface area contributed by atoms with E-state index in [4.69, 9.17) is 1.37 Å². The first-order chi connectivity index (χ1) is 5.29. The average Bonchev–Trinajstić information content (AvgIpc) is 2.30. The molecule has 0 saturated heterocycles. The van der Waals surface area contributed by atoms with E-state index in [1.165, 1.54) is 0 Å². The highest BCUT2D eigenvalue weighted by Crippen LogP contribution is 2.17. The number of fused-ring (bicyclic) bond motifs is 1. The molecule has 10 heavy (non-hydrogen) atoms. The third-order valence-corrected chi connectivity index (χ3v) is 1.47. The number of hydrogen-bond acceptors (Lipinski definition) is 2. The number of hydrogen-bond donors (Lipinski definition) is 0. The van der Waals surface area contributed by atoms with E-state index in [9.17, 15) is 4.79 Å². The van der Waals surface area contributed by atoms with E-state index >= 15 is 0 Å². The third-order valence-electron chi connectivity index (χ3n) is 1.47. The fourth-order valence-electron chi connectivity index (χ4n) is 0.966. The van der Waals surface area contributed by atoms with Crippen molar-refractivity contribution in [3.05, 3.63) is 35.4 Å². The van der Waals surface area contributed by atoms with Gasteiger partial charge in [-0.1, -0.05) is 18.2 Å². The summed E-state index contributed by atoms with van der Waals surface area (Å²) in [7, 11) is 0. The predicted octanol–water partition coefficient (Wildman–Crippen LogP) is 1.36. The van der Waals surface area contributed by atoms with Crippen molar-refractivity contribution >= 4 is 5.97 Å². The second-order valence-electron chi connectivity index (χ2n) is 2.11. The van der Waals surface area contributed by atoms with Crippen LogP contribution in [-0.4, -0.2) is 5.97 Å². The molecular weight excluding hydrogens is 128 g/mol. The zero-order chi connectivity index (χ0) is 7.84. The summed E-state index contributed by atoms with van der Waals surface area (Å²) in [5.74, 6) is -0.388. The molecule has 0 bridgehead atoms. The lowest BCUT2D eigenvalue weighted by molar-refractivity contribution is 0.0535. The molecule has 1 heterocycles. The second kappa shape index (κ2) is 1.84. The summed E-state index contributed by atoms with van der Waals surface area (Å²) in [6, 6.07) is 6.96. The van der Waals surface area contributed by atoms with Crippen molar-refractivity contribution in [2.75, 3.05) is 0 Å². The van der Waals surface area contributed by atoms with Crippen LogP contribution in [-0.2, 0) is 11.3 Å². The molecule has 0 amide bonds. The van der Waals surface area contributed by atoms with Crippen molar-refractivity contribution in [2.24, 2.45) is 0 Å². The van der Waals surface area contributed by atoms with Gasteiger partial charge in [-0.05, 0) is 6.07 Å². The fraction of sp³-hybridized carbons (Fsp3) is 0.125. The molecule has 1 atom stereocenters. The summed E-state index contributed by atoms with van der Waals surface area (Å²) in [4.78, 5) is 10.9. The quantitative estimate of drug-likeness (QED) is 0.502. The molecule has 0 N–H and O–H groups in total. The first-order valence-corrected chi connectivity index (χ1v) is 3.01.